The highest BCUT2D eigenvalue weighted by molar-refractivity contribution is 5.90. The molecule has 2 atom stereocenters. The summed E-state index contributed by atoms with van der Waals surface area (Å²) in [4.78, 5) is 4.72. The third-order valence-electron chi connectivity index (χ3n) is 13.3. The number of rotatable bonds is 6. The molecule has 3 aliphatic rings. The first-order valence-electron chi connectivity index (χ1n) is 20.3. The van der Waals surface area contributed by atoms with Crippen LogP contribution in [-0.4, -0.2) is 0 Å². The second-order valence-corrected chi connectivity index (χ2v) is 17.5. The van der Waals surface area contributed by atoms with Gasteiger partial charge in [-0.05, 0) is 168 Å². The number of hydrogen-bond acceptors (Lipinski definition) is 4. The second-order valence-electron chi connectivity index (χ2n) is 17.5. The summed E-state index contributed by atoms with van der Waals surface area (Å²) in [5.74, 6) is 0.505. The van der Waals surface area contributed by atoms with Gasteiger partial charge in [-0.3, -0.25) is 0 Å². The zero-order chi connectivity index (χ0) is 40.7. The van der Waals surface area contributed by atoms with E-state index in [-0.39, 0.29) is 22.7 Å². The Morgan fingerprint density at radius 1 is 0.569 bits per heavy atom. The summed E-state index contributed by atoms with van der Waals surface area (Å²) >= 11 is 0. The van der Waals surface area contributed by atoms with E-state index >= 15 is 0 Å². The van der Waals surface area contributed by atoms with Crippen LogP contribution in [0.1, 0.15) is 90.6 Å². The van der Waals surface area contributed by atoms with Crippen LogP contribution in [-0.2, 0) is 10.8 Å². The molecule has 9 rings (SSSR count). The summed E-state index contributed by atoms with van der Waals surface area (Å²) in [7, 11) is 0. The Kier molecular flexibility index (Phi) is 8.61. The number of para-hydroxylation sites is 2. The van der Waals surface area contributed by atoms with Gasteiger partial charge in [0.1, 0.15) is 0 Å². The first-order valence-corrected chi connectivity index (χ1v) is 20.3. The molecular weight excluding hydrogens is 705 g/mol. The SMILES string of the molecule is CC1=CC(N(c2ccc(C#N)cc2)c2ccccc2C)=CC2C1c1ccc3c(c1C2(C)C)C(C)(C)c1cc(N(c2ccc(C#N)cc2)c2ccccc2C)cc(C)c1-3. The Morgan fingerprint density at radius 2 is 1.12 bits per heavy atom. The molecule has 0 radical (unpaired) electrons. The Hall–Kier alpha value is -6.62. The fourth-order valence-electron chi connectivity index (χ4n) is 10.5. The van der Waals surface area contributed by atoms with E-state index in [0.29, 0.717) is 11.1 Å². The second kappa shape index (κ2) is 13.5. The summed E-state index contributed by atoms with van der Waals surface area (Å²) in [6, 6.07) is 47.2. The highest BCUT2D eigenvalue weighted by Gasteiger charge is 2.52. The average molecular weight is 753 g/mol. The predicted molar refractivity (Wildman–Crippen MR) is 238 cm³/mol. The van der Waals surface area contributed by atoms with Gasteiger partial charge in [0.2, 0.25) is 0 Å². The van der Waals surface area contributed by atoms with Gasteiger partial charge in [0.05, 0.1) is 23.3 Å². The minimum atomic E-state index is -0.260. The molecule has 3 aliphatic carbocycles. The molecule has 0 bridgehead atoms. The van der Waals surface area contributed by atoms with Crippen LogP contribution in [0.15, 0.2) is 145 Å². The maximum absolute atomic E-state index is 9.60. The molecule has 0 aromatic heterocycles. The Labute approximate surface area is 343 Å². The third kappa shape index (κ3) is 5.54. The number of hydrogen-bond donors (Lipinski definition) is 0. The lowest BCUT2D eigenvalue weighted by Gasteiger charge is -2.37. The van der Waals surface area contributed by atoms with E-state index in [1.54, 1.807) is 0 Å². The normalized spacial score (nSPS) is 17.8. The van der Waals surface area contributed by atoms with Crippen LogP contribution in [0.3, 0.4) is 0 Å². The van der Waals surface area contributed by atoms with Crippen LogP contribution in [0, 0.1) is 49.4 Å². The van der Waals surface area contributed by atoms with Gasteiger partial charge in [0, 0.05) is 45.5 Å². The molecule has 0 saturated heterocycles. The molecule has 4 heteroatoms. The predicted octanol–water partition coefficient (Wildman–Crippen LogP) is 13.8. The molecule has 4 nitrogen and oxygen atoms in total. The highest BCUT2D eigenvalue weighted by atomic mass is 15.2. The van der Waals surface area contributed by atoms with Gasteiger partial charge in [0.15, 0.2) is 0 Å². The molecule has 58 heavy (non-hydrogen) atoms. The number of benzene rings is 6. The van der Waals surface area contributed by atoms with Gasteiger partial charge in [-0.1, -0.05) is 87.9 Å². The van der Waals surface area contributed by atoms with Gasteiger partial charge in [0.25, 0.3) is 0 Å². The minimum absolute atomic E-state index is 0.167. The summed E-state index contributed by atoms with van der Waals surface area (Å²) in [5, 5.41) is 19.2. The molecule has 6 aromatic rings. The first-order chi connectivity index (χ1) is 27.8. The summed E-state index contributed by atoms with van der Waals surface area (Å²) in [5.41, 5.74) is 20.9. The Balaban J connectivity index is 1.18. The van der Waals surface area contributed by atoms with Crippen LogP contribution < -0.4 is 9.80 Å². The van der Waals surface area contributed by atoms with Crippen molar-refractivity contribution in [3.05, 3.63) is 195 Å². The lowest BCUT2D eigenvalue weighted by molar-refractivity contribution is 0.380. The van der Waals surface area contributed by atoms with E-state index in [2.05, 4.69) is 187 Å². The standard InChI is InChI=1S/C54H48N4/c1-33-13-9-11-15-47(33)57(39-21-17-37(31-55)18-22-39)41-27-35(3)49-43-25-26-44-50-36(4)28-42(30-46(50)54(7,8)52(44)51(43)53(5,6)45(49)29-41)58(48-16-12-10-14-34(48)2)40-23-19-38(32-56)20-24-40/h9-30,45,49H,1-8H3. The Bertz CT molecular complexity index is 2800. The van der Waals surface area contributed by atoms with E-state index in [9.17, 15) is 10.5 Å². The van der Waals surface area contributed by atoms with Gasteiger partial charge < -0.3 is 9.80 Å². The van der Waals surface area contributed by atoms with E-state index in [1.165, 1.54) is 55.6 Å². The molecule has 0 N–H and O–H groups in total. The quantitative estimate of drug-likeness (QED) is 0.170. The van der Waals surface area contributed by atoms with Gasteiger partial charge in [-0.15, -0.1) is 0 Å². The number of aryl methyl sites for hydroxylation is 3. The van der Waals surface area contributed by atoms with Gasteiger partial charge >= 0.3 is 0 Å². The van der Waals surface area contributed by atoms with Crippen molar-refractivity contribution in [2.75, 3.05) is 9.80 Å². The molecular formula is C54H48N4. The van der Waals surface area contributed by atoms with Gasteiger partial charge in [-0.2, -0.15) is 10.5 Å². The largest absolute Gasteiger partial charge is 0.311 e. The van der Waals surface area contributed by atoms with E-state index < -0.39 is 0 Å². The van der Waals surface area contributed by atoms with Crippen LogP contribution in [0.25, 0.3) is 11.1 Å². The topological polar surface area (TPSA) is 54.1 Å². The number of fused-ring (bicyclic) bond motifs is 7. The van der Waals surface area contributed by atoms with Crippen molar-refractivity contribution in [1.29, 1.82) is 10.5 Å². The van der Waals surface area contributed by atoms with Crippen molar-refractivity contribution in [3.8, 4) is 23.3 Å². The fraction of sp³-hybridized carbons (Fsp3) is 0.222. The van der Waals surface area contributed by atoms with E-state index in [4.69, 9.17) is 0 Å². The first kappa shape index (κ1) is 37.0. The van der Waals surface area contributed by atoms with Crippen molar-refractivity contribution < 1.29 is 0 Å². The zero-order valence-corrected chi connectivity index (χ0v) is 34.6. The summed E-state index contributed by atoms with van der Waals surface area (Å²) < 4.78 is 0. The van der Waals surface area contributed by atoms with Crippen molar-refractivity contribution in [2.24, 2.45) is 5.92 Å². The molecule has 0 aliphatic heterocycles. The maximum atomic E-state index is 9.60. The molecule has 0 heterocycles. The molecule has 0 fully saturated rings. The fourth-order valence-corrected chi connectivity index (χ4v) is 10.5. The molecule has 2 unspecified atom stereocenters. The van der Waals surface area contributed by atoms with Crippen molar-refractivity contribution in [1.82, 2.24) is 0 Å². The highest BCUT2D eigenvalue weighted by Crippen LogP contribution is 2.63. The van der Waals surface area contributed by atoms with Crippen LogP contribution >= 0.6 is 0 Å². The lowest BCUT2D eigenvalue weighted by Crippen LogP contribution is -2.31. The van der Waals surface area contributed by atoms with E-state index in [1.807, 2.05) is 24.3 Å². The van der Waals surface area contributed by atoms with Gasteiger partial charge in [-0.25, -0.2) is 0 Å². The zero-order valence-electron chi connectivity index (χ0n) is 34.6. The van der Waals surface area contributed by atoms with Crippen molar-refractivity contribution in [2.45, 2.75) is 72.1 Å². The number of anilines is 5. The molecule has 284 valence electrons. The molecule has 0 amide bonds. The monoisotopic (exact) mass is 752 g/mol. The van der Waals surface area contributed by atoms with Crippen molar-refractivity contribution >= 4 is 28.4 Å². The van der Waals surface area contributed by atoms with Crippen molar-refractivity contribution in [3.63, 3.8) is 0 Å². The van der Waals surface area contributed by atoms with Crippen LogP contribution in [0.5, 0.6) is 0 Å². The van der Waals surface area contributed by atoms with E-state index in [0.717, 1.165) is 34.1 Å². The van der Waals surface area contributed by atoms with Crippen LogP contribution in [0.2, 0.25) is 0 Å². The molecule has 0 spiro atoms. The number of nitrogens with zero attached hydrogens (tertiary/aromatic N) is 4. The summed E-state index contributed by atoms with van der Waals surface area (Å²) in [6.45, 7) is 18.7. The minimum Gasteiger partial charge on any atom is -0.311 e. The van der Waals surface area contributed by atoms with Crippen LogP contribution in [0.4, 0.5) is 28.4 Å². The number of allylic oxidation sites excluding steroid dienone is 3. The smallest absolute Gasteiger partial charge is 0.0991 e. The number of nitriles is 2. The molecule has 0 saturated carbocycles. The Morgan fingerprint density at radius 3 is 1.69 bits per heavy atom. The maximum Gasteiger partial charge on any atom is 0.0991 e. The lowest BCUT2D eigenvalue weighted by atomic mass is 9.69. The average Bonchev–Trinajstić information content (AvgIpc) is 3.59. The summed E-state index contributed by atoms with van der Waals surface area (Å²) in [6.07, 6.45) is 4.93. The third-order valence-corrected chi connectivity index (χ3v) is 13.3. The molecule has 6 aromatic carbocycles.